The molecule has 0 saturated carbocycles. The van der Waals surface area contributed by atoms with Crippen molar-refractivity contribution in [2.45, 2.75) is 32.1 Å². The molecule has 1 aliphatic heterocycles. The molecule has 0 amide bonds. The molecule has 1 aromatic carbocycles. The Morgan fingerprint density at radius 3 is 2.50 bits per heavy atom. The summed E-state index contributed by atoms with van der Waals surface area (Å²) in [7, 11) is -1.30. The average molecular weight is 323 g/mol. The molecule has 1 aliphatic rings. The lowest BCUT2D eigenvalue weighted by Gasteiger charge is -2.39. The number of aryl methyl sites for hydroxylation is 1. The number of guanidine groups is 1. The van der Waals surface area contributed by atoms with Gasteiger partial charge in [-0.1, -0.05) is 29.8 Å². The third-order valence-electron chi connectivity index (χ3n) is 4.13. The van der Waals surface area contributed by atoms with Gasteiger partial charge in [0.05, 0.1) is 10.5 Å². The molecule has 1 heterocycles. The topological polar surface area (TPSA) is 61.8 Å². The van der Waals surface area contributed by atoms with E-state index in [1.54, 1.807) is 20.9 Å². The van der Waals surface area contributed by atoms with Gasteiger partial charge in [-0.3, -0.25) is 4.99 Å². The number of nitrogens with one attached hydrogen (secondary N) is 1. The van der Waals surface area contributed by atoms with Gasteiger partial charge in [0.1, 0.15) is 0 Å². The minimum atomic E-state index is -3.03. The van der Waals surface area contributed by atoms with Gasteiger partial charge in [0.15, 0.2) is 15.8 Å². The first-order valence-corrected chi connectivity index (χ1v) is 9.14. The molecule has 0 bridgehead atoms. The van der Waals surface area contributed by atoms with Crippen LogP contribution in [0.1, 0.15) is 25.0 Å². The minimum absolute atomic E-state index is 0.172. The Morgan fingerprint density at radius 1 is 1.32 bits per heavy atom. The maximum Gasteiger partial charge on any atom is 0.193 e. The molecule has 122 valence electrons. The highest BCUT2D eigenvalue weighted by Crippen LogP contribution is 2.23. The maximum absolute atomic E-state index is 12.1. The third kappa shape index (κ3) is 3.61. The molecule has 0 spiro atoms. The molecular formula is C16H25N3O2S. The van der Waals surface area contributed by atoms with Gasteiger partial charge < -0.3 is 10.2 Å². The molecule has 1 fully saturated rings. The van der Waals surface area contributed by atoms with Crippen molar-refractivity contribution in [1.29, 1.82) is 0 Å². The molecule has 1 saturated heterocycles. The highest BCUT2D eigenvalue weighted by Gasteiger charge is 2.40. The summed E-state index contributed by atoms with van der Waals surface area (Å²) in [5.41, 5.74) is 2.41. The van der Waals surface area contributed by atoms with E-state index in [0.717, 1.165) is 5.96 Å². The number of benzene rings is 1. The lowest BCUT2D eigenvalue weighted by atomic mass is 10.1. The van der Waals surface area contributed by atoms with E-state index in [-0.39, 0.29) is 5.75 Å². The van der Waals surface area contributed by atoms with Gasteiger partial charge in [0, 0.05) is 26.7 Å². The van der Waals surface area contributed by atoms with Gasteiger partial charge in [0.25, 0.3) is 0 Å². The smallest absolute Gasteiger partial charge is 0.193 e. The van der Waals surface area contributed by atoms with E-state index in [9.17, 15) is 8.42 Å². The summed E-state index contributed by atoms with van der Waals surface area (Å²) in [6.45, 7) is 7.24. The predicted molar refractivity (Wildman–Crippen MR) is 90.8 cm³/mol. The Kier molecular flexibility index (Phi) is 4.80. The SMILES string of the molecule is CN=C(NCc1ccc(C)cc1)N1CCS(=O)(=O)C(C)(C)C1. The Bertz CT molecular complexity index is 648. The maximum atomic E-state index is 12.1. The van der Waals surface area contributed by atoms with Crippen LogP contribution in [-0.2, 0) is 16.4 Å². The summed E-state index contributed by atoms with van der Waals surface area (Å²) in [5, 5.41) is 3.32. The van der Waals surface area contributed by atoms with Crippen LogP contribution in [0.3, 0.4) is 0 Å². The first-order valence-electron chi connectivity index (χ1n) is 7.49. The molecule has 0 aliphatic carbocycles. The fourth-order valence-electron chi connectivity index (χ4n) is 2.54. The number of sulfone groups is 1. The summed E-state index contributed by atoms with van der Waals surface area (Å²) in [6.07, 6.45) is 0. The van der Waals surface area contributed by atoms with E-state index in [2.05, 4.69) is 41.5 Å². The standard InChI is InChI=1S/C16H25N3O2S/c1-13-5-7-14(8-6-13)11-18-15(17-4)19-9-10-22(20,21)16(2,3)12-19/h5-8H,9-12H2,1-4H3,(H,17,18). The Hall–Kier alpha value is -1.56. The summed E-state index contributed by atoms with van der Waals surface area (Å²) >= 11 is 0. The molecule has 6 heteroatoms. The van der Waals surface area contributed by atoms with Crippen molar-refractivity contribution in [3.8, 4) is 0 Å². The van der Waals surface area contributed by atoms with E-state index in [1.807, 2.05) is 4.90 Å². The van der Waals surface area contributed by atoms with Gasteiger partial charge in [-0.2, -0.15) is 0 Å². The number of hydrogen-bond acceptors (Lipinski definition) is 3. The monoisotopic (exact) mass is 323 g/mol. The second kappa shape index (κ2) is 6.28. The van der Waals surface area contributed by atoms with Crippen LogP contribution >= 0.6 is 0 Å². The van der Waals surface area contributed by atoms with Crippen LogP contribution in [-0.4, -0.2) is 49.9 Å². The van der Waals surface area contributed by atoms with E-state index >= 15 is 0 Å². The zero-order valence-electron chi connectivity index (χ0n) is 13.8. The normalized spacial score (nSPS) is 20.7. The van der Waals surface area contributed by atoms with Gasteiger partial charge >= 0.3 is 0 Å². The molecular weight excluding hydrogens is 298 g/mol. The molecule has 1 N–H and O–H groups in total. The molecule has 2 rings (SSSR count). The van der Waals surface area contributed by atoms with Crippen LogP contribution in [0.2, 0.25) is 0 Å². The summed E-state index contributed by atoms with van der Waals surface area (Å²) in [4.78, 5) is 6.32. The van der Waals surface area contributed by atoms with Crippen LogP contribution in [0, 0.1) is 6.92 Å². The average Bonchev–Trinajstić information content (AvgIpc) is 2.45. The molecule has 5 nitrogen and oxygen atoms in total. The molecule has 0 radical (unpaired) electrons. The summed E-state index contributed by atoms with van der Waals surface area (Å²) in [6, 6.07) is 8.33. The second-order valence-electron chi connectivity index (χ2n) is 6.39. The van der Waals surface area contributed by atoms with Crippen LogP contribution in [0.5, 0.6) is 0 Å². The molecule has 22 heavy (non-hydrogen) atoms. The quantitative estimate of drug-likeness (QED) is 0.663. The van der Waals surface area contributed by atoms with Crippen LogP contribution < -0.4 is 5.32 Å². The second-order valence-corrected chi connectivity index (χ2v) is 9.13. The van der Waals surface area contributed by atoms with Crippen molar-refractivity contribution in [3.63, 3.8) is 0 Å². The first kappa shape index (κ1) is 16.8. The zero-order chi connectivity index (χ0) is 16.4. The van der Waals surface area contributed by atoms with Gasteiger partial charge in [0.2, 0.25) is 0 Å². The first-order chi connectivity index (χ1) is 10.2. The van der Waals surface area contributed by atoms with E-state index < -0.39 is 14.6 Å². The van der Waals surface area contributed by atoms with Crippen molar-refractivity contribution in [2.24, 2.45) is 4.99 Å². The van der Waals surface area contributed by atoms with Gasteiger partial charge in [-0.15, -0.1) is 0 Å². The Labute approximate surface area is 133 Å². The van der Waals surface area contributed by atoms with Crippen LogP contribution in [0.15, 0.2) is 29.3 Å². The third-order valence-corrected chi connectivity index (χ3v) is 6.66. The zero-order valence-corrected chi connectivity index (χ0v) is 14.6. The van der Waals surface area contributed by atoms with E-state index in [0.29, 0.717) is 19.6 Å². The van der Waals surface area contributed by atoms with Crippen molar-refractivity contribution < 1.29 is 8.42 Å². The van der Waals surface area contributed by atoms with Gasteiger partial charge in [-0.25, -0.2) is 8.42 Å². The van der Waals surface area contributed by atoms with Crippen molar-refractivity contribution in [3.05, 3.63) is 35.4 Å². The lowest BCUT2D eigenvalue weighted by Crippen LogP contribution is -2.57. The number of rotatable bonds is 2. The summed E-state index contributed by atoms with van der Waals surface area (Å²) in [5.74, 6) is 0.925. The fourth-order valence-corrected chi connectivity index (χ4v) is 3.91. The van der Waals surface area contributed by atoms with Crippen molar-refractivity contribution in [1.82, 2.24) is 10.2 Å². The molecule has 1 aromatic rings. The Morgan fingerprint density at radius 2 is 1.95 bits per heavy atom. The highest BCUT2D eigenvalue weighted by molar-refractivity contribution is 7.92. The van der Waals surface area contributed by atoms with Crippen LogP contribution in [0.25, 0.3) is 0 Å². The predicted octanol–water partition coefficient (Wildman–Crippen LogP) is 1.58. The minimum Gasteiger partial charge on any atom is -0.352 e. The fraction of sp³-hybridized carbons (Fsp3) is 0.562. The van der Waals surface area contributed by atoms with E-state index in [1.165, 1.54) is 11.1 Å². The van der Waals surface area contributed by atoms with Crippen LogP contribution in [0.4, 0.5) is 0 Å². The van der Waals surface area contributed by atoms with Crippen molar-refractivity contribution in [2.75, 3.05) is 25.9 Å². The van der Waals surface area contributed by atoms with Crippen molar-refractivity contribution >= 4 is 15.8 Å². The van der Waals surface area contributed by atoms with Gasteiger partial charge in [-0.05, 0) is 26.3 Å². The summed E-state index contributed by atoms with van der Waals surface area (Å²) < 4.78 is 23.4. The molecule has 0 atom stereocenters. The number of hydrogen-bond donors (Lipinski definition) is 1. The number of aliphatic imine (C=N–C) groups is 1. The Balaban J connectivity index is 2.02. The largest absolute Gasteiger partial charge is 0.352 e. The molecule has 0 aromatic heterocycles. The number of nitrogens with zero attached hydrogens (tertiary/aromatic N) is 2. The molecule has 0 unspecified atom stereocenters. The van der Waals surface area contributed by atoms with E-state index in [4.69, 9.17) is 0 Å². The highest BCUT2D eigenvalue weighted by atomic mass is 32.2. The lowest BCUT2D eigenvalue weighted by molar-refractivity contribution is 0.353.